The fourth-order valence-electron chi connectivity index (χ4n) is 1.74. The number of nitrogens with zero attached hydrogens (tertiary/aromatic N) is 6. The van der Waals surface area contributed by atoms with Crippen molar-refractivity contribution in [2.75, 3.05) is 19.9 Å². The Hall–Kier alpha value is -2.40. The summed E-state index contributed by atoms with van der Waals surface area (Å²) in [5, 5.41) is 29.9. The summed E-state index contributed by atoms with van der Waals surface area (Å²) in [6.07, 6.45) is 5.53. The van der Waals surface area contributed by atoms with Crippen LogP contribution in [0, 0.1) is 30.3 Å². The summed E-state index contributed by atoms with van der Waals surface area (Å²) < 4.78 is 0. The summed E-state index contributed by atoms with van der Waals surface area (Å²) >= 11 is 0. The van der Waals surface area contributed by atoms with Crippen molar-refractivity contribution in [3.63, 3.8) is 0 Å². The Morgan fingerprint density at radius 2 is 1.41 bits per heavy atom. The quantitative estimate of drug-likeness (QED) is 0.203. The van der Waals surface area contributed by atoms with E-state index in [1.54, 1.807) is 0 Å². The van der Waals surface area contributed by atoms with E-state index < -0.39 is 28.4 Å². The smallest absolute Gasteiger partial charge is 0.206 e. The third kappa shape index (κ3) is 9.50. The van der Waals surface area contributed by atoms with Crippen LogP contribution in [-0.4, -0.2) is 45.0 Å². The second-order valence-corrected chi connectivity index (χ2v) is 4.64. The molecule has 0 bridgehead atoms. The van der Waals surface area contributed by atoms with E-state index in [9.17, 15) is 30.3 Å². The van der Waals surface area contributed by atoms with Crippen LogP contribution in [-0.2, 0) is 0 Å². The van der Waals surface area contributed by atoms with Gasteiger partial charge in [0, 0.05) is 0 Å². The molecule has 22 heavy (non-hydrogen) atoms. The van der Waals surface area contributed by atoms with Crippen LogP contribution < -0.4 is 0 Å². The van der Waals surface area contributed by atoms with Gasteiger partial charge in [0.05, 0.1) is 13.2 Å². The lowest BCUT2D eigenvalue weighted by molar-refractivity contribution is -0.712. The second kappa shape index (κ2) is 11.3. The molecule has 0 atom stereocenters. The first-order chi connectivity index (χ1) is 10.4. The van der Waals surface area contributed by atoms with Crippen LogP contribution in [0.1, 0.15) is 45.4 Å². The molecule has 0 aromatic heterocycles. The minimum Gasteiger partial charge on any atom is -0.352 e. The Bertz CT molecular complexity index is 368. The maximum Gasteiger partial charge on any atom is 0.206 e. The minimum absolute atomic E-state index is 0.0436. The largest absolute Gasteiger partial charge is 0.352 e. The van der Waals surface area contributed by atoms with E-state index in [4.69, 9.17) is 0 Å². The Morgan fingerprint density at radius 1 is 0.864 bits per heavy atom. The number of hydrogen-bond donors (Lipinski definition) is 0. The van der Waals surface area contributed by atoms with Crippen LogP contribution in [0.25, 0.3) is 5.43 Å². The first kappa shape index (κ1) is 19.6. The molecule has 0 spiro atoms. The number of hydrazine groups is 2. The van der Waals surface area contributed by atoms with Crippen molar-refractivity contribution in [2.45, 2.75) is 45.4 Å². The zero-order chi connectivity index (χ0) is 17.0. The van der Waals surface area contributed by atoms with Crippen molar-refractivity contribution in [1.82, 2.24) is 10.0 Å². The zero-order valence-corrected chi connectivity index (χ0v) is 12.5. The molecule has 0 aliphatic heterocycles. The van der Waals surface area contributed by atoms with Crippen LogP contribution in [0.3, 0.4) is 0 Å². The molecule has 0 saturated heterocycles. The summed E-state index contributed by atoms with van der Waals surface area (Å²) in [6, 6.07) is 0. The van der Waals surface area contributed by atoms with Gasteiger partial charge in [-0.1, -0.05) is 39.0 Å². The number of nitro groups is 3. The van der Waals surface area contributed by atoms with Gasteiger partial charge in [-0.25, -0.2) is 20.2 Å². The third-order valence-electron chi connectivity index (χ3n) is 2.90. The Kier molecular flexibility index (Phi) is 10.0. The van der Waals surface area contributed by atoms with Crippen molar-refractivity contribution < 1.29 is 15.1 Å². The summed E-state index contributed by atoms with van der Waals surface area (Å²) in [5.41, 5.74) is 2.75. The van der Waals surface area contributed by atoms with Gasteiger partial charge in [0.1, 0.15) is 0 Å². The lowest BCUT2D eigenvalue weighted by atomic mass is 10.1. The van der Waals surface area contributed by atoms with Crippen LogP contribution in [0.5, 0.6) is 0 Å². The summed E-state index contributed by atoms with van der Waals surface area (Å²) in [5.74, 6) is 0. The van der Waals surface area contributed by atoms with Gasteiger partial charge >= 0.3 is 0 Å². The van der Waals surface area contributed by atoms with Crippen molar-refractivity contribution in [3.05, 3.63) is 35.8 Å². The summed E-state index contributed by atoms with van der Waals surface area (Å²) in [6.45, 7) is 0.617. The van der Waals surface area contributed by atoms with Crippen LogP contribution in [0.15, 0.2) is 0 Å². The first-order valence-electron chi connectivity index (χ1n) is 6.98. The van der Waals surface area contributed by atoms with Gasteiger partial charge in [0.2, 0.25) is 6.67 Å². The van der Waals surface area contributed by atoms with Crippen molar-refractivity contribution in [1.29, 1.82) is 0 Å². The predicted molar refractivity (Wildman–Crippen MR) is 76.0 cm³/mol. The first-order valence-corrected chi connectivity index (χ1v) is 6.98. The fourth-order valence-corrected chi connectivity index (χ4v) is 1.74. The average Bonchev–Trinajstić information content (AvgIpc) is 2.43. The standard InChI is InChI=1S/C10H21N6O6/c1-2-3-4-5-6-7-8-12(15(19)20)10-13(16(21)22)9-11-14(17)18/h2-10H2,1H3/q-1. The predicted octanol–water partition coefficient (Wildman–Crippen LogP) is 1.81. The number of rotatable bonds is 14. The SMILES string of the molecule is CCCCCCCCN(CN(C[N-][N+](=O)[O-])[N+](=O)[O-])[N+](=O)[O-]. The van der Waals surface area contributed by atoms with Gasteiger partial charge in [-0.15, -0.1) is 10.0 Å². The topological polar surface area (TPSA) is 150 Å². The molecule has 0 aromatic carbocycles. The van der Waals surface area contributed by atoms with Crippen molar-refractivity contribution in [2.24, 2.45) is 0 Å². The molecule has 0 radical (unpaired) electrons. The normalized spacial score (nSPS) is 10.0. The summed E-state index contributed by atoms with van der Waals surface area (Å²) in [4.78, 5) is 31.7. The lowest BCUT2D eigenvalue weighted by Crippen LogP contribution is -2.44. The zero-order valence-electron chi connectivity index (χ0n) is 12.5. The average molecular weight is 321 g/mol. The van der Waals surface area contributed by atoms with E-state index in [2.05, 4.69) is 12.3 Å². The highest BCUT2D eigenvalue weighted by atomic mass is 16.7. The number of unbranched alkanes of at least 4 members (excludes halogenated alkanes) is 5. The number of hydrogen-bond acceptors (Lipinski definition) is 6. The Morgan fingerprint density at radius 3 is 1.91 bits per heavy atom. The highest BCUT2D eigenvalue weighted by molar-refractivity contribution is 4.57. The molecule has 0 rings (SSSR count). The van der Waals surface area contributed by atoms with E-state index in [-0.39, 0.29) is 6.54 Å². The second-order valence-electron chi connectivity index (χ2n) is 4.64. The molecule has 12 nitrogen and oxygen atoms in total. The van der Waals surface area contributed by atoms with E-state index in [1.165, 1.54) is 0 Å². The maximum absolute atomic E-state index is 10.9. The van der Waals surface area contributed by atoms with E-state index in [0.717, 1.165) is 32.1 Å². The van der Waals surface area contributed by atoms with E-state index in [1.807, 2.05) is 0 Å². The Labute approximate surface area is 127 Å². The van der Waals surface area contributed by atoms with Crippen molar-refractivity contribution in [3.8, 4) is 0 Å². The van der Waals surface area contributed by atoms with E-state index in [0.29, 0.717) is 16.4 Å². The van der Waals surface area contributed by atoms with Crippen LogP contribution in [0.2, 0.25) is 0 Å². The van der Waals surface area contributed by atoms with Gasteiger partial charge in [0.25, 0.3) is 0 Å². The van der Waals surface area contributed by atoms with Crippen LogP contribution in [0.4, 0.5) is 0 Å². The molecule has 128 valence electrons. The molecule has 0 aromatic rings. The lowest BCUT2D eigenvalue weighted by Gasteiger charge is -2.21. The van der Waals surface area contributed by atoms with Gasteiger partial charge in [-0.05, 0) is 11.5 Å². The Balaban J connectivity index is 4.25. The van der Waals surface area contributed by atoms with Gasteiger partial charge in [0.15, 0.2) is 10.1 Å². The minimum atomic E-state index is -1.07. The molecule has 0 N–H and O–H groups in total. The molecule has 0 unspecified atom stereocenters. The third-order valence-corrected chi connectivity index (χ3v) is 2.90. The van der Waals surface area contributed by atoms with Gasteiger partial charge in [-0.2, -0.15) is 0 Å². The fraction of sp³-hybridized carbons (Fsp3) is 1.00. The summed E-state index contributed by atoms with van der Waals surface area (Å²) in [7, 11) is 0. The molecule has 0 fully saturated rings. The molecule has 0 aliphatic rings. The molecule has 12 heteroatoms. The highest BCUT2D eigenvalue weighted by Crippen LogP contribution is 2.07. The highest BCUT2D eigenvalue weighted by Gasteiger charge is 2.22. The molecular formula is C10H21N6O6-. The maximum atomic E-state index is 10.9. The molecule has 0 heterocycles. The van der Waals surface area contributed by atoms with Gasteiger partial charge < -0.3 is 5.43 Å². The molecule has 0 amide bonds. The molecule has 0 saturated carbocycles. The van der Waals surface area contributed by atoms with E-state index >= 15 is 0 Å². The molecule has 0 aliphatic carbocycles. The van der Waals surface area contributed by atoms with Crippen LogP contribution >= 0.6 is 0 Å². The monoisotopic (exact) mass is 321 g/mol. The molecular weight excluding hydrogens is 300 g/mol. The van der Waals surface area contributed by atoms with Gasteiger partial charge in [-0.3, -0.25) is 10.1 Å². The van der Waals surface area contributed by atoms with Crippen molar-refractivity contribution >= 4 is 0 Å².